The van der Waals surface area contributed by atoms with E-state index in [1.807, 2.05) is 0 Å². The first kappa shape index (κ1) is 21.8. The van der Waals surface area contributed by atoms with E-state index in [9.17, 15) is 22.4 Å². The van der Waals surface area contributed by atoms with E-state index >= 15 is 0 Å². The molecule has 3 N–H and O–H groups in total. The number of rotatable bonds is 7. The van der Waals surface area contributed by atoms with E-state index in [0.29, 0.717) is 37.2 Å². The van der Waals surface area contributed by atoms with Crippen molar-refractivity contribution in [1.29, 1.82) is 0 Å². The van der Waals surface area contributed by atoms with E-state index in [0.717, 1.165) is 25.0 Å². The second-order valence-electron chi connectivity index (χ2n) is 7.40. The average molecular weight is 434 g/mol. The Labute approximate surface area is 175 Å². The van der Waals surface area contributed by atoms with E-state index < -0.39 is 15.8 Å². The lowest BCUT2D eigenvalue weighted by Crippen LogP contribution is -2.40. The molecule has 9 heteroatoms. The molecule has 2 aromatic carbocycles. The number of nitrogens with two attached hydrogens (primary N) is 1. The minimum atomic E-state index is -3.85. The summed E-state index contributed by atoms with van der Waals surface area (Å²) in [5.74, 6) is -0.743. The van der Waals surface area contributed by atoms with Crippen LogP contribution < -0.4 is 10.5 Å². The van der Waals surface area contributed by atoms with Crippen molar-refractivity contribution in [3.63, 3.8) is 0 Å². The van der Waals surface area contributed by atoms with Crippen LogP contribution in [0.2, 0.25) is 0 Å². The largest absolute Gasteiger partial charge is 0.370 e. The minimum Gasteiger partial charge on any atom is -0.370 e. The Morgan fingerprint density at radius 1 is 1.10 bits per heavy atom. The molecule has 7 nitrogen and oxygen atoms in total. The molecule has 0 radical (unpaired) electrons. The summed E-state index contributed by atoms with van der Waals surface area (Å²) >= 11 is 0. The van der Waals surface area contributed by atoms with Crippen molar-refractivity contribution in [3.05, 3.63) is 59.9 Å². The Bertz CT molecular complexity index is 1010. The molecule has 0 spiro atoms. The van der Waals surface area contributed by atoms with Gasteiger partial charge in [-0.15, -0.1) is 0 Å². The fraction of sp³-hybridized carbons (Fsp3) is 0.333. The summed E-state index contributed by atoms with van der Waals surface area (Å²) < 4.78 is 40.2. The van der Waals surface area contributed by atoms with Crippen LogP contribution in [0.25, 0.3) is 0 Å². The predicted octanol–water partition coefficient (Wildman–Crippen LogP) is 2.74. The van der Waals surface area contributed by atoms with Crippen LogP contribution in [0.5, 0.6) is 0 Å². The molecule has 1 aliphatic rings. The van der Waals surface area contributed by atoms with Gasteiger partial charge in [0, 0.05) is 30.8 Å². The number of sulfonamides is 1. The van der Waals surface area contributed by atoms with Crippen LogP contribution in [0.15, 0.2) is 53.4 Å². The Balaban J connectivity index is 1.64. The van der Waals surface area contributed by atoms with Gasteiger partial charge < -0.3 is 10.6 Å². The fourth-order valence-electron chi connectivity index (χ4n) is 3.52. The average Bonchev–Trinajstić information content (AvgIpc) is 2.72. The number of benzene rings is 2. The highest BCUT2D eigenvalue weighted by Crippen LogP contribution is 2.23. The van der Waals surface area contributed by atoms with Gasteiger partial charge in [-0.25, -0.2) is 12.8 Å². The van der Waals surface area contributed by atoms with Crippen LogP contribution in [0.3, 0.4) is 0 Å². The lowest BCUT2D eigenvalue weighted by Gasteiger charge is -2.32. The number of nitrogens with zero attached hydrogens (tertiary/aromatic N) is 1. The number of nitrogens with one attached hydrogen (secondary N) is 1. The molecule has 1 fully saturated rings. The van der Waals surface area contributed by atoms with Crippen molar-refractivity contribution in [2.24, 2.45) is 11.7 Å². The first-order valence-corrected chi connectivity index (χ1v) is 11.2. The number of primary amides is 1. The molecule has 0 aliphatic carbocycles. The molecule has 2 amide bonds. The Kier molecular flexibility index (Phi) is 6.71. The molecule has 30 heavy (non-hydrogen) atoms. The third-order valence-electron chi connectivity index (χ3n) is 5.11. The van der Waals surface area contributed by atoms with Crippen molar-refractivity contribution < 1.29 is 22.4 Å². The molecule has 1 saturated heterocycles. The number of likely N-dealkylation sites (tertiary alicyclic amines) is 1. The van der Waals surface area contributed by atoms with Gasteiger partial charge in [0.05, 0.1) is 4.90 Å². The first-order valence-electron chi connectivity index (χ1n) is 9.70. The maximum atomic E-state index is 13.0. The quantitative estimate of drug-likeness (QED) is 0.700. The van der Waals surface area contributed by atoms with Gasteiger partial charge in [0.2, 0.25) is 5.91 Å². The minimum absolute atomic E-state index is 0.0561. The molecule has 3 rings (SSSR count). The summed E-state index contributed by atoms with van der Waals surface area (Å²) in [6.45, 7) is 1.22. The summed E-state index contributed by atoms with van der Waals surface area (Å²) in [6.07, 6.45) is 2.81. The number of anilines is 1. The second kappa shape index (κ2) is 9.25. The summed E-state index contributed by atoms with van der Waals surface area (Å²) in [7, 11) is -3.85. The number of piperidine rings is 1. The number of hydrogen-bond donors (Lipinski definition) is 2. The highest BCUT2D eigenvalue weighted by atomic mass is 32.2. The Hall–Kier alpha value is -2.94. The molecule has 0 bridgehead atoms. The van der Waals surface area contributed by atoms with Crippen LogP contribution in [0.4, 0.5) is 10.1 Å². The SMILES string of the molecule is NC(=O)CCC1CCCN(C(=O)c2ccc(NS(=O)(=O)c3ccc(F)cc3)cc2)C1. The molecule has 1 aliphatic heterocycles. The summed E-state index contributed by atoms with van der Waals surface area (Å²) in [6, 6.07) is 10.7. The summed E-state index contributed by atoms with van der Waals surface area (Å²) in [5.41, 5.74) is 5.97. The lowest BCUT2D eigenvalue weighted by molar-refractivity contribution is -0.118. The van der Waals surface area contributed by atoms with Gasteiger partial charge in [-0.3, -0.25) is 14.3 Å². The van der Waals surface area contributed by atoms with E-state index in [1.165, 1.54) is 24.3 Å². The zero-order valence-electron chi connectivity index (χ0n) is 16.4. The zero-order chi connectivity index (χ0) is 21.7. The van der Waals surface area contributed by atoms with Gasteiger partial charge in [-0.2, -0.15) is 0 Å². The normalized spacial score (nSPS) is 16.8. The van der Waals surface area contributed by atoms with Crippen LogP contribution in [-0.4, -0.2) is 38.2 Å². The van der Waals surface area contributed by atoms with Crippen molar-refractivity contribution in [2.75, 3.05) is 17.8 Å². The molecule has 2 aromatic rings. The third-order valence-corrected chi connectivity index (χ3v) is 6.51. The van der Waals surface area contributed by atoms with Crippen LogP contribution >= 0.6 is 0 Å². The van der Waals surface area contributed by atoms with Crippen molar-refractivity contribution in [1.82, 2.24) is 4.90 Å². The lowest BCUT2D eigenvalue weighted by atomic mass is 9.93. The zero-order valence-corrected chi connectivity index (χ0v) is 17.2. The molecular weight excluding hydrogens is 409 g/mol. The topological polar surface area (TPSA) is 110 Å². The van der Waals surface area contributed by atoms with Gasteiger partial charge in [0.15, 0.2) is 0 Å². The molecule has 160 valence electrons. The molecule has 0 saturated carbocycles. The van der Waals surface area contributed by atoms with Crippen LogP contribution in [0.1, 0.15) is 36.0 Å². The highest BCUT2D eigenvalue weighted by Gasteiger charge is 2.25. The van der Waals surface area contributed by atoms with E-state index in [2.05, 4.69) is 4.72 Å². The number of carbonyl (C=O) groups is 2. The van der Waals surface area contributed by atoms with Crippen molar-refractivity contribution in [3.8, 4) is 0 Å². The molecule has 0 aromatic heterocycles. The van der Waals surface area contributed by atoms with Gasteiger partial charge in [0.25, 0.3) is 15.9 Å². The third kappa shape index (κ3) is 5.56. The number of hydrogen-bond acceptors (Lipinski definition) is 4. The monoisotopic (exact) mass is 433 g/mol. The van der Waals surface area contributed by atoms with Crippen molar-refractivity contribution in [2.45, 2.75) is 30.6 Å². The van der Waals surface area contributed by atoms with E-state index in [4.69, 9.17) is 5.73 Å². The smallest absolute Gasteiger partial charge is 0.261 e. The number of carbonyl (C=O) groups excluding carboxylic acids is 2. The Morgan fingerprint density at radius 3 is 2.40 bits per heavy atom. The van der Waals surface area contributed by atoms with Gasteiger partial charge >= 0.3 is 0 Å². The molecule has 1 atom stereocenters. The summed E-state index contributed by atoms with van der Waals surface area (Å²) in [5, 5.41) is 0. The fourth-order valence-corrected chi connectivity index (χ4v) is 4.58. The van der Waals surface area contributed by atoms with Gasteiger partial charge in [-0.05, 0) is 73.7 Å². The maximum absolute atomic E-state index is 13.0. The Morgan fingerprint density at radius 2 is 1.77 bits per heavy atom. The number of halogens is 1. The standard InChI is InChI=1S/C21H24FN3O4S/c22-17-6-10-19(11-7-17)30(28,29)24-18-8-4-16(5-9-18)21(27)25-13-1-2-15(14-25)3-12-20(23)26/h4-11,15,24H,1-3,12-14H2,(H2,23,26). The van der Waals surface area contributed by atoms with Gasteiger partial charge in [-0.1, -0.05) is 0 Å². The van der Waals surface area contributed by atoms with Crippen molar-refractivity contribution >= 4 is 27.5 Å². The van der Waals surface area contributed by atoms with Gasteiger partial charge in [0.1, 0.15) is 5.82 Å². The van der Waals surface area contributed by atoms with E-state index in [-0.39, 0.29) is 22.6 Å². The van der Waals surface area contributed by atoms with Crippen LogP contribution in [-0.2, 0) is 14.8 Å². The highest BCUT2D eigenvalue weighted by molar-refractivity contribution is 7.92. The number of amides is 2. The predicted molar refractivity (Wildman–Crippen MR) is 111 cm³/mol. The second-order valence-corrected chi connectivity index (χ2v) is 9.08. The molecular formula is C21H24FN3O4S. The van der Waals surface area contributed by atoms with Crippen LogP contribution in [0, 0.1) is 11.7 Å². The summed E-state index contributed by atoms with van der Waals surface area (Å²) in [4.78, 5) is 25.5. The molecule has 1 unspecified atom stereocenters. The maximum Gasteiger partial charge on any atom is 0.261 e. The van der Waals surface area contributed by atoms with E-state index in [1.54, 1.807) is 17.0 Å². The first-order chi connectivity index (χ1) is 14.2. The molecule has 1 heterocycles.